The third-order valence-electron chi connectivity index (χ3n) is 4.78. The molecule has 0 aliphatic rings. The van der Waals surface area contributed by atoms with Crippen molar-refractivity contribution in [3.05, 3.63) is 88.8 Å². The van der Waals surface area contributed by atoms with E-state index in [1.807, 2.05) is 55.6 Å². The molecule has 0 saturated heterocycles. The number of halogens is 1. The van der Waals surface area contributed by atoms with Crippen LogP contribution in [0, 0.1) is 6.92 Å². The maximum atomic E-state index is 12.8. The quantitative estimate of drug-likeness (QED) is 0.466. The van der Waals surface area contributed by atoms with Gasteiger partial charge >= 0.3 is 0 Å². The van der Waals surface area contributed by atoms with Gasteiger partial charge in [-0.3, -0.25) is 4.79 Å². The van der Waals surface area contributed by atoms with Crippen molar-refractivity contribution in [2.75, 3.05) is 7.05 Å². The fourth-order valence-electron chi connectivity index (χ4n) is 3.09. The summed E-state index contributed by atoms with van der Waals surface area (Å²) in [7, 11) is 1.70. The lowest BCUT2D eigenvalue weighted by molar-refractivity contribution is 0.0769. The summed E-state index contributed by atoms with van der Waals surface area (Å²) in [5.41, 5.74) is 2.37. The number of rotatable bonds is 6. The number of amides is 1. The Morgan fingerprint density at radius 1 is 1.17 bits per heavy atom. The lowest BCUT2D eigenvalue weighted by atomic mass is 10.1. The van der Waals surface area contributed by atoms with E-state index in [2.05, 4.69) is 19.7 Å². The fraction of sp³-hybridized carbons (Fsp3) is 0.182. The Kier molecular flexibility index (Phi) is 5.63. The monoisotopic (exact) mass is 421 g/mol. The number of carbonyl (C=O) groups excluding carboxylic acids is 1. The molecule has 0 aliphatic heterocycles. The zero-order valence-corrected chi connectivity index (χ0v) is 17.4. The molecule has 0 unspecified atom stereocenters. The molecule has 4 aromatic rings. The number of hydrogen-bond acceptors (Lipinski definition) is 5. The molecule has 2 aromatic heterocycles. The molecule has 0 N–H and O–H groups in total. The molecular weight excluding hydrogens is 402 g/mol. The first-order valence-electron chi connectivity index (χ1n) is 9.41. The van der Waals surface area contributed by atoms with Gasteiger partial charge in [0.1, 0.15) is 5.82 Å². The van der Waals surface area contributed by atoms with Crippen molar-refractivity contribution < 1.29 is 9.32 Å². The molecule has 2 heterocycles. The van der Waals surface area contributed by atoms with Gasteiger partial charge in [0.05, 0.1) is 11.6 Å². The summed E-state index contributed by atoms with van der Waals surface area (Å²) in [5.74, 6) is 1.56. The Balaban J connectivity index is 1.41. The van der Waals surface area contributed by atoms with Crippen molar-refractivity contribution in [3.63, 3.8) is 0 Å². The molecular formula is C22H20ClN5O2. The Morgan fingerprint density at radius 2 is 1.93 bits per heavy atom. The van der Waals surface area contributed by atoms with Crippen LogP contribution in [0.4, 0.5) is 0 Å². The number of hydrogen-bond donors (Lipinski definition) is 0. The Morgan fingerprint density at radius 3 is 2.63 bits per heavy atom. The SMILES string of the molecule is Cc1nccn1Cc1ccc(C(=O)N(C)Cc2nc(-c3ccccc3Cl)no2)cc1. The zero-order valence-electron chi connectivity index (χ0n) is 16.6. The minimum Gasteiger partial charge on any atom is -0.337 e. The van der Waals surface area contributed by atoms with Gasteiger partial charge in [-0.25, -0.2) is 4.98 Å². The van der Waals surface area contributed by atoms with E-state index < -0.39 is 0 Å². The molecule has 1 amide bonds. The Bertz CT molecular complexity index is 1170. The molecule has 0 atom stereocenters. The highest BCUT2D eigenvalue weighted by Gasteiger charge is 2.17. The topological polar surface area (TPSA) is 77.1 Å². The molecule has 0 spiro atoms. The third kappa shape index (κ3) is 4.26. The molecule has 0 bridgehead atoms. The van der Waals surface area contributed by atoms with Gasteiger partial charge < -0.3 is 14.0 Å². The van der Waals surface area contributed by atoms with E-state index in [9.17, 15) is 4.79 Å². The average molecular weight is 422 g/mol. The molecule has 152 valence electrons. The van der Waals surface area contributed by atoms with Crippen LogP contribution >= 0.6 is 11.6 Å². The third-order valence-corrected chi connectivity index (χ3v) is 5.11. The highest BCUT2D eigenvalue weighted by molar-refractivity contribution is 6.33. The highest BCUT2D eigenvalue weighted by atomic mass is 35.5. The normalized spacial score (nSPS) is 10.9. The summed E-state index contributed by atoms with van der Waals surface area (Å²) >= 11 is 6.18. The summed E-state index contributed by atoms with van der Waals surface area (Å²) in [6, 6.07) is 14.8. The first kappa shape index (κ1) is 19.8. The van der Waals surface area contributed by atoms with Crippen LogP contribution in [0.2, 0.25) is 5.02 Å². The van der Waals surface area contributed by atoms with Gasteiger partial charge in [-0.2, -0.15) is 4.98 Å². The summed E-state index contributed by atoms with van der Waals surface area (Å²) in [5, 5.41) is 4.51. The minimum absolute atomic E-state index is 0.127. The fourth-order valence-corrected chi connectivity index (χ4v) is 3.31. The van der Waals surface area contributed by atoms with Crippen LogP contribution in [-0.2, 0) is 13.1 Å². The largest absolute Gasteiger partial charge is 0.337 e. The van der Waals surface area contributed by atoms with E-state index >= 15 is 0 Å². The predicted octanol–water partition coefficient (Wildman–Crippen LogP) is 4.22. The average Bonchev–Trinajstić information content (AvgIpc) is 3.37. The van der Waals surface area contributed by atoms with Crippen LogP contribution in [0.25, 0.3) is 11.4 Å². The van der Waals surface area contributed by atoms with Crippen LogP contribution < -0.4 is 0 Å². The first-order chi connectivity index (χ1) is 14.5. The molecule has 8 heteroatoms. The van der Waals surface area contributed by atoms with Crippen LogP contribution in [-0.4, -0.2) is 37.5 Å². The smallest absolute Gasteiger partial charge is 0.254 e. The number of aryl methyl sites for hydroxylation is 1. The summed E-state index contributed by atoms with van der Waals surface area (Å²) in [6.45, 7) is 2.87. The van der Waals surface area contributed by atoms with Crippen LogP contribution in [0.1, 0.15) is 27.6 Å². The number of benzene rings is 2. The molecule has 30 heavy (non-hydrogen) atoms. The maximum Gasteiger partial charge on any atom is 0.254 e. The van der Waals surface area contributed by atoms with Crippen molar-refractivity contribution in [1.29, 1.82) is 0 Å². The van der Waals surface area contributed by atoms with E-state index in [1.165, 1.54) is 0 Å². The summed E-state index contributed by atoms with van der Waals surface area (Å²) in [6.07, 6.45) is 3.71. The molecule has 0 aliphatic carbocycles. The van der Waals surface area contributed by atoms with Crippen molar-refractivity contribution in [2.24, 2.45) is 0 Å². The van der Waals surface area contributed by atoms with E-state index in [0.29, 0.717) is 34.4 Å². The van der Waals surface area contributed by atoms with Crippen LogP contribution in [0.15, 0.2) is 65.4 Å². The Labute approximate surface area is 178 Å². The molecule has 2 aromatic carbocycles. The van der Waals surface area contributed by atoms with Crippen molar-refractivity contribution >= 4 is 17.5 Å². The van der Waals surface area contributed by atoms with Gasteiger partial charge in [0.2, 0.25) is 11.7 Å². The van der Waals surface area contributed by atoms with E-state index in [1.54, 1.807) is 24.2 Å². The maximum absolute atomic E-state index is 12.8. The number of nitrogens with zero attached hydrogens (tertiary/aromatic N) is 5. The molecule has 4 rings (SSSR count). The van der Waals surface area contributed by atoms with Gasteiger partial charge in [0.25, 0.3) is 5.91 Å². The van der Waals surface area contributed by atoms with Crippen molar-refractivity contribution in [3.8, 4) is 11.4 Å². The number of aromatic nitrogens is 4. The second kappa shape index (κ2) is 8.51. The van der Waals surface area contributed by atoms with E-state index in [-0.39, 0.29) is 12.5 Å². The van der Waals surface area contributed by atoms with Gasteiger partial charge in [0.15, 0.2) is 0 Å². The number of carbonyl (C=O) groups is 1. The molecule has 0 fully saturated rings. The van der Waals surface area contributed by atoms with E-state index in [4.69, 9.17) is 16.1 Å². The van der Waals surface area contributed by atoms with Crippen LogP contribution in [0.5, 0.6) is 0 Å². The van der Waals surface area contributed by atoms with Crippen molar-refractivity contribution in [2.45, 2.75) is 20.0 Å². The molecule has 7 nitrogen and oxygen atoms in total. The Hall–Kier alpha value is -3.45. The van der Waals surface area contributed by atoms with Crippen molar-refractivity contribution in [1.82, 2.24) is 24.6 Å². The van der Waals surface area contributed by atoms with Crippen LogP contribution in [0.3, 0.4) is 0 Å². The molecule has 0 saturated carbocycles. The highest BCUT2D eigenvalue weighted by Crippen LogP contribution is 2.25. The van der Waals surface area contributed by atoms with Gasteiger partial charge in [0, 0.05) is 37.1 Å². The predicted molar refractivity (Wildman–Crippen MR) is 113 cm³/mol. The van der Waals surface area contributed by atoms with Gasteiger partial charge in [-0.05, 0) is 36.8 Å². The second-order valence-corrected chi connectivity index (χ2v) is 7.36. The van der Waals surface area contributed by atoms with Gasteiger partial charge in [-0.1, -0.05) is 41.0 Å². The standard InChI is InChI=1S/C22H20ClN5O2/c1-15-24-11-12-28(15)13-16-7-9-17(10-8-16)22(29)27(2)14-20-25-21(26-30-20)18-5-3-4-6-19(18)23/h3-12H,13-14H2,1-2H3. The minimum atomic E-state index is -0.127. The lowest BCUT2D eigenvalue weighted by Gasteiger charge is -2.15. The lowest BCUT2D eigenvalue weighted by Crippen LogP contribution is -2.26. The van der Waals surface area contributed by atoms with E-state index in [0.717, 1.165) is 11.4 Å². The zero-order chi connectivity index (χ0) is 21.1. The number of imidazole rings is 1. The molecule has 0 radical (unpaired) electrons. The first-order valence-corrected chi connectivity index (χ1v) is 9.78. The van der Waals surface area contributed by atoms with Gasteiger partial charge in [-0.15, -0.1) is 0 Å². The summed E-state index contributed by atoms with van der Waals surface area (Å²) in [4.78, 5) is 22.9. The summed E-state index contributed by atoms with van der Waals surface area (Å²) < 4.78 is 7.35. The second-order valence-electron chi connectivity index (χ2n) is 6.95.